The molecule has 0 aliphatic heterocycles. The highest BCUT2D eigenvalue weighted by Gasteiger charge is 2.09. The zero-order valence-corrected chi connectivity index (χ0v) is 8.58. The minimum absolute atomic E-state index is 0.630. The Kier molecular flexibility index (Phi) is 7.02. The summed E-state index contributed by atoms with van der Waals surface area (Å²) in [5.74, 6) is -4.56. The van der Waals surface area contributed by atoms with Crippen LogP contribution in [0.3, 0.4) is 0 Å². The van der Waals surface area contributed by atoms with Gasteiger partial charge >= 0.3 is 23.9 Å². The van der Waals surface area contributed by atoms with Gasteiger partial charge < -0.3 is 24.4 Å². The lowest BCUT2D eigenvalue weighted by molar-refractivity contribution is -0.163. The number of carboxylic acids is 2. The van der Waals surface area contributed by atoms with E-state index in [0.29, 0.717) is 0 Å². The van der Waals surface area contributed by atoms with E-state index in [-0.39, 0.29) is 0 Å². The Labute approximate surface area is 94.9 Å². The number of esters is 2. The first-order valence-electron chi connectivity index (χ1n) is 4.24. The van der Waals surface area contributed by atoms with Gasteiger partial charge in [-0.2, -0.15) is 0 Å². The number of carboxylic acid groups (broad SMARTS) is 2. The van der Waals surface area contributed by atoms with E-state index >= 15 is 0 Å². The lowest BCUT2D eigenvalue weighted by atomic mass is 10.6. The molecule has 9 nitrogen and oxygen atoms in total. The van der Waals surface area contributed by atoms with E-state index in [1.54, 1.807) is 0 Å². The SMILES string of the molecule is O=C(O)COC(=O)COCC(=O)OCC(=O)O. The first kappa shape index (κ1) is 14.8. The number of rotatable bonds is 8. The highest BCUT2D eigenvalue weighted by Crippen LogP contribution is 1.85. The van der Waals surface area contributed by atoms with E-state index in [9.17, 15) is 19.2 Å². The average molecular weight is 250 g/mol. The van der Waals surface area contributed by atoms with Crippen LogP contribution >= 0.6 is 0 Å². The lowest BCUT2D eigenvalue weighted by Crippen LogP contribution is -2.22. The quantitative estimate of drug-likeness (QED) is 0.480. The van der Waals surface area contributed by atoms with Gasteiger partial charge in [0.2, 0.25) is 0 Å². The van der Waals surface area contributed by atoms with Crippen molar-refractivity contribution >= 4 is 23.9 Å². The Morgan fingerprint density at radius 2 is 1.06 bits per heavy atom. The topological polar surface area (TPSA) is 136 Å². The zero-order valence-electron chi connectivity index (χ0n) is 8.58. The molecular weight excluding hydrogens is 240 g/mol. The fourth-order valence-corrected chi connectivity index (χ4v) is 0.585. The lowest BCUT2D eigenvalue weighted by Gasteiger charge is -2.03. The third-order valence-electron chi connectivity index (χ3n) is 1.15. The summed E-state index contributed by atoms with van der Waals surface area (Å²) in [4.78, 5) is 41.5. The molecule has 0 amide bonds. The van der Waals surface area contributed by atoms with E-state index in [0.717, 1.165) is 0 Å². The number of carbonyl (C=O) groups excluding carboxylic acids is 2. The highest BCUT2D eigenvalue weighted by molar-refractivity contribution is 5.77. The molecule has 0 aromatic carbocycles. The van der Waals surface area contributed by atoms with Crippen LogP contribution in [-0.2, 0) is 33.4 Å². The van der Waals surface area contributed by atoms with Gasteiger partial charge in [0, 0.05) is 0 Å². The van der Waals surface area contributed by atoms with Gasteiger partial charge in [-0.3, -0.25) is 0 Å². The maximum atomic E-state index is 10.7. The molecule has 0 saturated heterocycles. The Bertz CT molecular complexity index is 278. The van der Waals surface area contributed by atoms with Crippen LogP contribution in [0.25, 0.3) is 0 Å². The molecule has 2 N–H and O–H groups in total. The monoisotopic (exact) mass is 250 g/mol. The van der Waals surface area contributed by atoms with Gasteiger partial charge in [0.25, 0.3) is 0 Å². The van der Waals surface area contributed by atoms with Crippen molar-refractivity contribution in [3.05, 3.63) is 0 Å². The zero-order chi connectivity index (χ0) is 13.3. The van der Waals surface area contributed by atoms with Gasteiger partial charge in [0.15, 0.2) is 13.2 Å². The van der Waals surface area contributed by atoms with Crippen LogP contribution < -0.4 is 0 Å². The van der Waals surface area contributed by atoms with Crippen molar-refractivity contribution in [2.24, 2.45) is 0 Å². The fourth-order valence-electron chi connectivity index (χ4n) is 0.585. The maximum absolute atomic E-state index is 10.7. The second kappa shape index (κ2) is 8.05. The maximum Gasteiger partial charge on any atom is 0.341 e. The first-order valence-corrected chi connectivity index (χ1v) is 4.24. The molecular formula is C8H10O9. The molecule has 0 aliphatic carbocycles. The molecule has 0 radical (unpaired) electrons. The van der Waals surface area contributed by atoms with Gasteiger partial charge in [-0.15, -0.1) is 0 Å². The summed E-state index contributed by atoms with van der Waals surface area (Å²) in [7, 11) is 0. The minimum atomic E-state index is -1.32. The van der Waals surface area contributed by atoms with Crippen LogP contribution in [0.15, 0.2) is 0 Å². The van der Waals surface area contributed by atoms with Crippen molar-refractivity contribution < 1.29 is 43.6 Å². The van der Waals surface area contributed by atoms with E-state index in [2.05, 4.69) is 14.2 Å². The molecule has 96 valence electrons. The summed E-state index contributed by atoms with van der Waals surface area (Å²) >= 11 is 0. The van der Waals surface area contributed by atoms with Gasteiger partial charge in [-0.05, 0) is 0 Å². The molecule has 0 aromatic rings. The number of carbonyl (C=O) groups is 4. The third-order valence-corrected chi connectivity index (χ3v) is 1.15. The standard InChI is InChI=1S/C8H10O9/c9-5(10)1-16-7(13)3-15-4-8(14)17-2-6(11)12/h1-4H2,(H,9,10)(H,11,12). The molecule has 0 aliphatic rings. The predicted molar refractivity (Wildman–Crippen MR) is 48.0 cm³/mol. The van der Waals surface area contributed by atoms with Crippen molar-refractivity contribution in [2.45, 2.75) is 0 Å². The molecule has 0 aromatic heterocycles. The van der Waals surface area contributed by atoms with Crippen LogP contribution in [0, 0.1) is 0 Å². The van der Waals surface area contributed by atoms with Crippen LogP contribution in [-0.4, -0.2) is 60.5 Å². The van der Waals surface area contributed by atoms with Gasteiger partial charge in [0.05, 0.1) is 0 Å². The van der Waals surface area contributed by atoms with E-state index < -0.39 is 50.3 Å². The van der Waals surface area contributed by atoms with Gasteiger partial charge in [0.1, 0.15) is 13.2 Å². The number of ether oxygens (including phenoxy) is 3. The summed E-state index contributed by atoms with van der Waals surface area (Å²) < 4.78 is 12.8. The first-order chi connectivity index (χ1) is 7.91. The minimum Gasteiger partial charge on any atom is -0.479 e. The van der Waals surface area contributed by atoms with Crippen molar-refractivity contribution in [3.8, 4) is 0 Å². The molecule has 9 heteroatoms. The Balaban J connectivity index is 3.55. The Morgan fingerprint density at radius 3 is 1.35 bits per heavy atom. The van der Waals surface area contributed by atoms with Crippen LogP contribution in [0.1, 0.15) is 0 Å². The highest BCUT2D eigenvalue weighted by atomic mass is 16.6. The Hall–Kier alpha value is -2.16. The molecule has 0 bridgehead atoms. The summed E-state index contributed by atoms with van der Waals surface area (Å²) in [5.41, 5.74) is 0. The van der Waals surface area contributed by atoms with Crippen LogP contribution in [0.2, 0.25) is 0 Å². The van der Waals surface area contributed by atoms with Crippen molar-refractivity contribution in [1.82, 2.24) is 0 Å². The number of hydrogen-bond donors (Lipinski definition) is 2. The molecule has 0 rings (SSSR count). The number of hydrogen-bond acceptors (Lipinski definition) is 7. The van der Waals surface area contributed by atoms with E-state index in [1.807, 2.05) is 0 Å². The third kappa shape index (κ3) is 10.1. The fraction of sp³-hybridized carbons (Fsp3) is 0.500. The summed E-state index contributed by atoms with van der Waals surface area (Å²) in [6.07, 6.45) is 0. The molecule has 17 heavy (non-hydrogen) atoms. The van der Waals surface area contributed by atoms with Crippen LogP contribution in [0.4, 0.5) is 0 Å². The molecule has 0 unspecified atom stereocenters. The molecule has 0 spiro atoms. The molecule has 0 fully saturated rings. The second-order valence-electron chi connectivity index (χ2n) is 2.60. The molecule has 0 saturated carbocycles. The Morgan fingerprint density at radius 1 is 0.706 bits per heavy atom. The van der Waals surface area contributed by atoms with Crippen molar-refractivity contribution in [2.75, 3.05) is 26.4 Å². The normalized spacial score (nSPS) is 9.41. The predicted octanol–water partition coefficient (Wildman–Crippen LogP) is -1.74. The summed E-state index contributed by atoms with van der Waals surface area (Å²) in [6.45, 7) is -2.86. The van der Waals surface area contributed by atoms with Gasteiger partial charge in [-0.1, -0.05) is 0 Å². The second-order valence-corrected chi connectivity index (χ2v) is 2.60. The van der Waals surface area contributed by atoms with E-state index in [1.165, 1.54) is 0 Å². The summed E-state index contributed by atoms with van der Waals surface area (Å²) in [5, 5.41) is 16.3. The average Bonchev–Trinajstić information content (AvgIpc) is 2.23. The van der Waals surface area contributed by atoms with Crippen molar-refractivity contribution in [3.63, 3.8) is 0 Å². The smallest absolute Gasteiger partial charge is 0.341 e. The van der Waals surface area contributed by atoms with Crippen LogP contribution in [0.5, 0.6) is 0 Å². The molecule has 0 atom stereocenters. The largest absolute Gasteiger partial charge is 0.479 e. The van der Waals surface area contributed by atoms with Gasteiger partial charge in [-0.25, -0.2) is 19.2 Å². The summed E-state index contributed by atoms with van der Waals surface area (Å²) in [6, 6.07) is 0. The van der Waals surface area contributed by atoms with Crippen molar-refractivity contribution in [1.29, 1.82) is 0 Å². The molecule has 0 heterocycles. The number of aliphatic carboxylic acids is 2. The van der Waals surface area contributed by atoms with E-state index in [4.69, 9.17) is 10.2 Å².